The zero-order valence-electron chi connectivity index (χ0n) is 15.2. The van der Waals surface area contributed by atoms with E-state index >= 15 is 0 Å². The van der Waals surface area contributed by atoms with Crippen molar-refractivity contribution in [1.82, 2.24) is 9.88 Å². The Morgan fingerprint density at radius 1 is 1.28 bits per heavy atom. The first-order chi connectivity index (χ1) is 12.1. The van der Waals surface area contributed by atoms with E-state index in [1.54, 1.807) is 0 Å². The average molecular weight is 347 g/mol. The van der Waals surface area contributed by atoms with Gasteiger partial charge in [0.15, 0.2) is 0 Å². The molecule has 0 radical (unpaired) electrons. The lowest BCUT2D eigenvalue weighted by Crippen LogP contribution is -2.67. The molecule has 0 amide bonds. The van der Waals surface area contributed by atoms with Crippen LogP contribution in [0.25, 0.3) is 0 Å². The molecule has 4 atom stereocenters. The number of anilines is 1. The fraction of sp³-hybridized carbons (Fsp3) is 0.737. The van der Waals surface area contributed by atoms with Crippen molar-refractivity contribution >= 4 is 5.82 Å². The molecule has 0 bridgehead atoms. The molecule has 0 unspecified atom stereocenters. The van der Waals surface area contributed by atoms with E-state index in [2.05, 4.69) is 22.0 Å². The quantitative estimate of drug-likeness (QED) is 0.885. The van der Waals surface area contributed by atoms with Gasteiger partial charge in [0.2, 0.25) is 0 Å². The number of likely N-dealkylation sites (tertiary alicyclic amines) is 1. The van der Waals surface area contributed by atoms with Crippen molar-refractivity contribution in [3.8, 4) is 0 Å². The Bertz CT molecular complexity index is 594. The van der Waals surface area contributed by atoms with E-state index < -0.39 is 5.60 Å². The summed E-state index contributed by atoms with van der Waals surface area (Å²) in [6, 6.07) is 4.61. The molecule has 6 nitrogen and oxygen atoms in total. The maximum atomic E-state index is 11.4. The topological polar surface area (TPSA) is 58.1 Å². The van der Waals surface area contributed by atoms with Gasteiger partial charge >= 0.3 is 0 Å². The number of hydrogen-bond donors (Lipinski definition) is 1. The van der Waals surface area contributed by atoms with Crippen LogP contribution in [0.5, 0.6) is 0 Å². The van der Waals surface area contributed by atoms with Gasteiger partial charge in [0, 0.05) is 70.9 Å². The Morgan fingerprint density at radius 2 is 2.12 bits per heavy atom. The van der Waals surface area contributed by atoms with Gasteiger partial charge in [0.25, 0.3) is 0 Å². The summed E-state index contributed by atoms with van der Waals surface area (Å²) in [6.07, 6.45) is 3.70. The summed E-state index contributed by atoms with van der Waals surface area (Å²) in [5, 5.41) is 11.4. The van der Waals surface area contributed by atoms with Crippen LogP contribution in [0.2, 0.25) is 0 Å². The predicted molar refractivity (Wildman–Crippen MR) is 95.6 cm³/mol. The molecule has 6 heteroatoms. The standard InChI is InChI=1S/C19H29N3O3/c1-21(2)18-4-3-14(9-20-18)10-22-11-15-12-25-8-6-19(15,23)16-13-24-7-5-17(16)22/h3-4,9,15-17,23H,5-8,10-13H2,1-2H3/t15-,16+,17-,19-/m1/s1. The fourth-order valence-corrected chi connectivity index (χ4v) is 4.76. The second-order valence-corrected chi connectivity index (χ2v) is 7.90. The van der Waals surface area contributed by atoms with Crippen LogP contribution in [0.4, 0.5) is 5.82 Å². The molecule has 3 aliphatic heterocycles. The molecule has 25 heavy (non-hydrogen) atoms. The highest BCUT2D eigenvalue weighted by Gasteiger charge is 2.55. The molecule has 3 saturated heterocycles. The minimum atomic E-state index is -0.632. The van der Waals surface area contributed by atoms with Crippen LogP contribution >= 0.6 is 0 Å². The van der Waals surface area contributed by atoms with E-state index in [4.69, 9.17) is 9.47 Å². The summed E-state index contributed by atoms with van der Waals surface area (Å²) in [5.74, 6) is 1.32. The van der Waals surface area contributed by atoms with Crippen molar-refractivity contribution in [2.45, 2.75) is 31.0 Å². The van der Waals surface area contributed by atoms with E-state index in [0.717, 1.165) is 38.4 Å². The van der Waals surface area contributed by atoms with Crippen LogP contribution < -0.4 is 4.90 Å². The van der Waals surface area contributed by atoms with Crippen molar-refractivity contribution in [3.05, 3.63) is 23.9 Å². The zero-order valence-corrected chi connectivity index (χ0v) is 15.2. The lowest BCUT2D eigenvalue weighted by molar-refractivity contribution is -0.221. The van der Waals surface area contributed by atoms with E-state index in [0.29, 0.717) is 25.9 Å². The van der Waals surface area contributed by atoms with Crippen LogP contribution in [0, 0.1) is 11.8 Å². The van der Waals surface area contributed by atoms with Crippen molar-refractivity contribution < 1.29 is 14.6 Å². The van der Waals surface area contributed by atoms with Crippen LogP contribution in [0.15, 0.2) is 18.3 Å². The van der Waals surface area contributed by atoms with Crippen molar-refractivity contribution in [2.24, 2.45) is 11.8 Å². The van der Waals surface area contributed by atoms with Crippen molar-refractivity contribution in [2.75, 3.05) is 52.0 Å². The van der Waals surface area contributed by atoms with E-state index in [1.165, 1.54) is 5.56 Å². The van der Waals surface area contributed by atoms with Gasteiger partial charge in [-0.25, -0.2) is 4.98 Å². The first-order valence-corrected chi connectivity index (χ1v) is 9.32. The smallest absolute Gasteiger partial charge is 0.127 e. The molecular weight excluding hydrogens is 318 g/mol. The number of nitrogens with zero attached hydrogens (tertiary/aromatic N) is 3. The highest BCUT2D eigenvalue weighted by Crippen LogP contribution is 2.44. The first-order valence-electron chi connectivity index (χ1n) is 9.32. The second kappa shape index (κ2) is 6.83. The van der Waals surface area contributed by atoms with Crippen LogP contribution in [-0.4, -0.2) is 73.7 Å². The molecule has 3 aliphatic rings. The number of aliphatic hydroxyl groups is 1. The number of fused-ring (bicyclic) bond motifs is 3. The Kier molecular flexibility index (Phi) is 4.71. The summed E-state index contributed by atoms with van der Waals surface area (Å²) in [7, 11) is 4.01. The van der Waals surface area contributed by atoms with Crippen LogP contribution in [0.3, 0.4) is 0 Å². The van der Waals surface area contributed by atoms with E-state index in [-0.39, 0.29) is 11.8 Å². The maximum Gasteiger partial charge on any atom is 0.127 e. The van der Waals surface area contributed by atoms with Crippen LogP contribution in [0.1, 0.15) is 18.4 Å². The SMILES string of the molecule is CN(C)c1ccc(CN2C[C@@H]3COCC[C@]3(O)[C@H]3COCC[C@H]32)cn1. The molecule has 1 aromatic heterocycles. The van der Waals surface area contributed by atoms with Crippen molar-refractivity contribution in [3.63, 3.8) is 0 Å². The number of hydrogen-bond acceptors (Lipinski definition) is 6. The minimum absolute atomic E-state index is 0.165. The number of piperidine rings is 1. The molecule has 3 fully saturated rings. The van der Waals surface area contributed by atoms with Gasteiger partial charge in [0.1, 0.15) is 5.82 Å². The summed E-state index contributed by atoms with van der Waals surface area (Å²) < 4.78 is 11.4. The third-order valence-corrected chi connectivity index (χ3v) is 6.21. The summed E-state index contributed by atoms with van der Waals surface area (Å²) in [4.78, 5) is 9.08. The number of rotatable bonds is 3. The largest absolute Gasteiger partial charge is 0.389 e. The summed E-state index contributed by atoms with van der Waals surface area (Å²) in [6.45, 7) is 4.50. The predicted octanol–water partition coefficient (Wildman–Crippen LogP) is 1.14. The lowest BCUT2D eigenvalue weighted by Gasteiger charge is -2.57. The van der Waals surface area contributed by atoms with E-state index in [9.17, 15) is 5.11 Å². The maximum absolute atomic E-state index is 11.4. The number of pyridine rings is 1. The number of ether oxygens (including phenoxy) is 2. The van der Waals surface area contributed by atoms with Crippen LogP contribution in [-0.2, 0) is 16.0 Å². The highest BCUT2D eigenvalue weighted by atomic mass is 16.5. The Hall–Kier alpha value is -1.21. The molecule has 4 heterocycles. The molecule has 4 rings (SSSR count). The Morgan fingerprint density at radius 3 is 2.88 bits per heavy atom. The summed E-state index contributed by atoms with van der Waals surface area (Å²) >= 11 is 0. The normalized spacial score (nSPS) is 35.7. The molecule has 138 valence electrons. The van der Waals surface area contributed by atoms with Crippen molar-refractivity contribution in [1.29, 1.82) is 0 Å². The lowest BCUT2D eigenvalue weighted by atomic mass is 9.66. The highest BCUT2D eigenvalue weighted by molar-refractivity contribution is 5.37. The molecule has 0 spiro atoms. The first kappa shape index (κ1) is 17.2. The van der Waals surface area contributed by atoms with E-state index in [1.807, 2.05) is 25.2 Å². The molecule has 0 aliphatic carbocycles. The molecule has 0 saturated carbocycles. The van der Waals surface area contributed by atoms with Gasteiger partial charge in [-0.05, 0) is 18.1 Å². The molecule has 1 aromatic rings. The molecular formula is C19H29N3O3. The van der Waals surface area contributed by atoms with Gasteiger partial charge < -0.3 is 19.5 Å². The zero-order chi connectivity index (χ0) is 17.4. The fourth-order valence-electron chi connectivity index (χ4n) is 4.76. The minimum Gasteiger partial charge on any atom is -0.389 e. The Balaban J connectivity index is 1.54. The number of aromatic nitrogens is 1. The second-order valence-electron chi connectivity index (χ2n) is 7.90. The third kappa shape index (κ3) is 3.16. The molecule has 1 N–H and O–H groups in total. The van der Waals surface area contributed by atoms with Gasteiger partial charge in [-0.3, -0.25) is 4.90 Å². The monoisotopic (exact) mass is 347 g/mol. The average Bonchev–Trinajstić information content (AvgIpc) is 2.63. The van der Waals surface area contributed by atoms with Gasteiger partial charge in [-0.15, -0.1) is 0 Å². The van der Waals surface area contributed by atoms with Gasteiger partial charge in [-0.2, -0.15) is 0 Å². The Labute approximate surface area is 149 Å². The third-order valence-electron chi connectivity index (χ3n) is 6.21. The van der Waals surface area contributed by atoms with Gasteiger partial charge in [0.05, 0.1) is 18.8 Å². The van der Waals surface area contributed by atoms with Gasteiger partial charge in [-0.1, -0.05) is 6.07 Å². The summed E-state index contributed by atoms with van der Waals surface area (Å²) in [5.41, 5.74) is 0.588. The molecule has 0 aromatic carbocycles.